The predicted octanol–water partition coefficient (Wildman–Crippen LogP) is 3.12. The third-order valence-electron chi connectivity index (χ3n) is 1.98. The first-order valence-corrected chi connectivity index (χ1v) is 5.85. The van der Waals surface area contributed by atoms with E-state index in [1.165, 1.54) is 6.07 Å². The Kier molecular flexibility index (Phi) is 5.09. The maximum Gasteiger partial charge on any atom is 0.162 e. The van der Waals surface area contributed by atoms with Crippen LogP contribution in [0, 0.1) is 5.82 Å². The Morgan fingerprint density at radius 1 is 1.50 bits per heavy atom. The molecule has 0 N–H and O–H groups in total. The van der Waals surface area contributed by atoms with Crippen molar-refractivity contribution in [1.29, 1.82) is 0 Å². The van der Waals surface area contributed by atoms with Gasteiger partial charge in [0, 0.05) is 10.9 Å². The van der Waals surface area contributed by atoms with E-state index in [4.69, 9.17) is 4.74 Å². The van der Waals surface area contributed by atoms with E-state index in [0.717, 1.165) is 0 Å². The van der Waals surface area contributed by atoms with Gasteiger partial charge in [-0.2, -0.15) is 0 Å². The molecule has 1 aromatic carbocycles. The van der Waals surface area contributed by atoms with Gasteiger partial charge in [-0.25, -0.2) is 4.39 Å². The Labute approximate surface area is 103 Å². The van der Waals surface area contributed by atoms with Crippen molar-refractivity contribution in [3.05, 3.63) is 34.1 Å². The highest BCUT2D eigenvalue weighted by Crippen LogP contribution is 2.15. The zero-order chi connectivity index (χ0) is 12.1. The quantitative estimate of drug-likeness (QED) is 0.832. The summed E-state index contributed by atoms with van der Waals surface area (Å²) >= 11 is 3.16. The van der Waals surface area contributed by atoms with Crippen LogP contribution in [0.2, 0.25) is 0 Å². The molecule has 4 heteroatoms. The number of ether oxygens (including phenoxy) is 1. The van der Waals surface area contributed by atoms with Gasteiger partial charge >= 0.3 is 0 Å². The lowest BCUT2D eigenvalue weighted by Crippen LogP contribution is -2.15. The average molecular weight is 289 g/mol. The van der Waals surface area contributed by atoms with Crippen LogP contribution in [-0.2, 0) is 16.0 Å². The van der Waals surface area contributed by atoms with Gasteiger partial charge in [-0.1, -0.05) is 22.0 Å². The average Bonchev–Trinajstić information content (AvgIpc) is 2.19. The minimum absolute atomic E-state index is 0.0127. The van der Waals surface area contributed by atoms with Crippen LogP contribution >= 0.6 is 15.9 Å². The highest BCUT2D eigenvalue weighted by molar-refractivity contribution is 9.10. The Morgan fingerprint density at radius 2 is 2.19 bits per heavy atom. The van der Waals surface area contributed by atoms with E-state index in [-0.39, 0.29) is 30.7 Å². The fraction of sp³-hybridized carbons (Fsp3) is 0.417. The molecule has 2 nitrogen and oxygen atoms in total. The maximum atomic E-state index is 13.4. The first kappa shape index (κ1) is 13.3. The standard InChI is InChI=1S/C12H14BrFO2/c1-8(2)16-7-11(15)5-9-3-4-10(13)6-12(9)14/h3-4,6,8H,5,7H2,1-2H3. The third-order valence-corrected chi connectivity index (χ3v) is 2.47. The van der Waals surface area contributed by atoms with Crippen molar-refractivity contribution in [3.63, 3.8) is 0 Å². The molecule has 0 aliphatic rings. The first-order valence-electron chi connectivity index (χ1n) is 5.06. The van der Waals surface area contributed by atoms with E-state index < -0.39 is 0 Å². The van der Waals surface area contributed by atoms with Crippen molar-refractivity contribution in [2.75, 3.05) is 6.61 Å². The van der Waals surface area contributed by atoms with Gasteiger partial charge in [-0.15, -0.1) is 0 Å². The van der Waals surface area contributed by atoms with Gasteiger partial charge in [0.1, 0.15) is 12.4 Å². The van der Waals surface area contributed by atoms with E-state index in [1.54, 1.807) is 12.1 Å². The van der Waals surface area contributed by atoms with Crippen molar-refractivity contribution in [2.45, 2.75) is 26.4 Å². The summed E-state index contributed by atoms with van der Waals surface area (Å²) in [5, 5.41) is 0. The van der Waals surface area contributed by atoms with E-state index in [1.807, 2.05) is 13.8 Å². The number of rotatable bonds is 5. The van der Waals surface area contributed by atoms with E-state index >= 15 is 0 Å². The summed E-state index contributed by atoms with van der Waals surface area (Å²) in [7, 11) is 0. The van der Waals surface area contributed by atoms with Gasteiger partial charge < -0.3 is 4.74 Å². The first-order chi connectivity index (χ1) is 7.49. The minimum atomic E-state index is -0.368. The summed E-state index contributed by atoms with van der Waals surface area (Å²) in [6.07, 6.45) is 0.0879. The van der Waals surface area contributed by atoms with Gasteiger partial charge in [0.2, 0.25) is 0 Å². The fourth-order valence-corrected chi connectivity index (χ4v) is 1.52. The zero-order valence-corrected chi connectivity index (χ0v) is 10.9. The molecule has 0 unspecified atom stereocenters. The van der Waals surface area contributed by atoms with E-state index in [9.17, 15) is 9.18 Å². The number of ketones is 1. The molecule has 0 aliphatic heterocycles. The molecular weight excluding hydrogens is 275 g/mol. The van der Waals surface area contributed by atoms with Crippen molar-refractivity contribution in [2.24, 2.45) is 0 Å². The molecule has 0 atom stereocenters. The molecular formula is C12H14BrFO2. The van der Waals surface area contributed by atoms with Crippen molar-refractivity contribution in [1.82, 2.24) is 0 Å². The van der Waals surface area contributed by atoms with Crippen LogP contribution in [-0.4, -0.2) is 18.5 Å². The van der Waals surface area contributed by atoms with Crippen LogP contribution in [0.4, 0.5) is 4.39 Å². The number of benzene rings is 1. The number of hydrogen-bond donors (Lipinski definition) is 0. The summed E-state index contributed by atoms with van der Waals surface area (Å²) < 4.78 is 19.2. The molecule has 0 aromatic heterocycles. The van der Waals surface area contributed by atoms with Crippen LogP contribution < -0.4 is 0 Å². The van der Waals surface area contributed by atoms with Crippen molar-refractivity contribution >= 4 is 21.7 Å². The van der Waals surface area contributed by atoms with Crippen molar-refractivity contribution in [3.8, 4) is 0 Å². The lowest BCUT2D eigenvalue weighted by Gasteiger charge is -2.07. The molecule has 0 fully saturated rings. The normalized spacial score (nSPS) is 10.8. The molecule has 0 aliphatic carbocycles. The van der Waals surface area contributed by atoms with Gasteiger partial charge in [0.15, 0.2) is 5.78 Å². The van der Waals surface area contributed by atoms with Gasteiger partial charge in [0.25, 0.3) is 0 Å². The SMILES string of the molecule is CC(C)OCC(=O)Cc1ccc(Br)cc1F. The molecule has 1 aromatic rings. The smallest absolute Gasteiger partial charge is 0.162 e. The van der Waals surface area contributed by atoms with Crippen LogP contribution in [0.25, 0.3) is 0 Å². The molecule has 88 valence electrons. The van der Waals surface area contributed by atoms with Crippen LogP contribution in [0.5, 0.6) is 0 Å². The number of Topliss-reactive ketones (excluding diaryl/α,β-unsaturated/α-hetero) is 1. The molecule has 0 saturated heterocycles. The summed E-state index contributed by atoms with van der Waals surface area (Å²) in [5.41, 5.74) is 0.403. The van der Waals surface area contributed by atoms with Crippen LogP contribution in [0.15, 0.2) is 22.7 Å². The predicted molar refractivity (Wildman–Crippen MR) is 63.9 cm³/mol. The molecule has 0 spiro atoms. The summed E-state index contributed by atoms with van der Waals surface area (Å²) in [5.74, 6) is -0.484. The molecule has 0 heterocycles. The molecule has 0 saturated carbocycles. The number of carbonyl (C=O) groups is 1. The Hall–Kier alpha value is -0.740. The zero-order valence-electron chi connectivity index (χ0n) is 9.30. The lowest BCUT2D eigenvalue weighted by atomic mass is 10.1. The largest absolute Gasteiger partial charge is 0.371 e. The number of hydrogen-bond acceptors (Lipinski definition) is 2. The molecule has 0 amide bonds. The van der Waals surface area contributed by atoms with Gasteiger partial charge in [-0.3, -0.25) is 4.79 Å². The maximum absolute atomic E-state index is 13.4. The van der Waals surface area contributed by atoms with Crippen molar-refractivity contribution < 1.29 is 13.9 Å². The third kappa shape index (κ3) is 4.41. The highest BCUT2D eigenvalue weighted by Gasteiger charge is 2.09. The fourth-order valence-electron chi connectivity index (χ4n) is 1.19. The lowest BCUT2D eigenvalue weighted by molar-refractivity contribution is -0.124. The van der Waals surface area contributed by atoms with Gasteiger partial charge in [-0.05, 0) is 31.5 Å². The second-order valence-corrected chi connectivity index (χ2v) is 4.73. The molecule has 16 heavy (non-hydrogen) atoms. The summed E-state index contributed by atoms with van der Waals surface area (Å²) in [6, 6.07) is 4.67. The van der Waals surface area contributed by atoms with E-state index in [2.05, 4.69) is 15.9 Å². The topological polar surface area (TPSA) is 26.3 Å². The number of halogens is 2. The molecule has 1 rings (SSSR count). The monoisotopic (exact) mass is 288 g/mol. The molecule has 0 radical (unpaired) electrons. The Morgan fingerprint density at radius 3 is 2.75 bits per heavy atom. The Bertz CT molecular complexity index is 377. The minimum Gasteiger partial charge on any atom is -0.371 e. The molecule has 0 bridgehead atoms. The second kappa shape index (κ2) is 6.11. The van der Waals surface area contributed by atoms with E-state index in [0.29, 0.717) is 10.0 Å². The number of carbonyl (C=O) groups excluding carboxylic acids is 1. The summed E-state index contributed by atoms with van der Waals surface area (Å²) in [6.45, 7) is 3.74. The second-order valence-electron chi connectivity index (χ2n) is 3.81. The van der Waals surface area contributed by atoms with Gasteiger partial charge in [0.05, 0.1) is 6.10 Å². The highest BCUT2D eigenvalue weighted by atomic mass is 79.9. The van der Waals surface area contributed by atoms with Crippen LogP contribution in [0.3, 0.4) is 0 Å². The Balaban J connectivity index is 2.56. The van der Waals surface area contributed by atoms with Crippen LogP contribution in [0.1, 0.15) is 19.4 Å². The summed E-state index contributed by atoms with van der Waals surface area (Å²) in [4.78, 5) is 11.5.